The molecule has 0 radical (unpaired) electrons. The first kappa shape index (κ1) is 30.5. The van der Waals surface area contributed by atoms with Crippen LogP contribution in [0.5, 0.6) is 0 Å². The molecule has 1 aliphatic rings. The monoisotopic (exact) mass is 550 g/mol. The van der Waals surface area contributed by atoms with E-state index < -0.39 is 47.7 Å². The molecule has 1 aliphatic heterocycles. The lowest BCUT2D eigenvalue weighted by atomic mass is 9.99. The van der Waals surface area contributed by atoms with Gasteiger partial charge in [-0.05, 0) is 61.4 Å². The Balaban J connectivity index is 1.76. The maximum atomic E-state index is 13.6. The first-order chi connectivity index (χ1) is 18.8. The van der Waals surface area contributed by atoms with Crippen LogP contribution in [-0.4, -0.2) is 76.2 Å². The Morgan fingerprint density at radius 1 is 0.975 bits per heavy atom. The van der Waals surface area contributed by atoms with Gasteiger partial charge in [-0.15, -0.1) is 0 Å². The lowest BCUT2D eigenvalue weighted by molar-refractivity contribution is -0.143. The topological polar surface area (TPSA) is 150 Å². The fraction of sp³-hybridized carbons (Fsp3) is 0.433. The molecule has 3 rings (SSSR count). The summed E-state index contributed by atoms with van der Waals surface area (Å²) in [5.41, 5.74) is 8.86. The zero-order valence-corrected chi connectivity index (χ0v) is 23.6. The molecule has 10 heteroatoms. The van der Waals surface area contributed by atoms with E-state index in [1.165, 1.54) is 11.9 Å². The molecule has 4 amide bonds. The van der Waals surface area contributed by atoms with Crippen molar-refractivity contribution in [3.05, 3.63) is 70.3 Å². The van der Waals surface area contributed by atoms with Crippen LogP contribution < -0.4 is 11.1 Å². The third-order valence-electron chi connectivity index (χ3n) is 7.35. The van der Waals surface area contributed by atoms with Gasteiger partial charge in [-0.3, -0.25) is 34.2 Å². The number of imide groups is 1. The first-order valence-corrected chi connectivity index (χ1v) is 13.4. The normalized spacial score (nSPS) is 15.1. The van der Waals surface area contributed by atoms with Crippen LogP contribution in [0.2, 0.25) is 0 Å². The molecule has 40 heavy (non-hydrogen) atoms. The maximum Gasteiger partial charge on any atom is 0.320 e. The third-order valence-corrected chi connectivity index (χ3v) is 7.35. The number of carboxylic acid groups (broad SMARTS) is 1. The number of hydrogen-bond donors (Lipinski definition) is 3. The lowest BCUT2D eigenvalue weighted by Gasteiger charge is -2.32. The van der Waals surface area contributed by atoms with Crippen molar-refractivity contribution in [2.75, 3.05) is 13.6 Å². The van der Waals surface area contributed by atoms with Crippen LogP contribution in [0.25, 0.3) is 0 Å². The van der Waals surface area contributed by atoms with E-state index in [0.29, 0.717) is 17.5 Å². The predicted molar refractivity (Wildman–Crippen MR) is 150 cm³/mol. The molecule has 0 fully saturated rings. The second-order valence-corrected chi connectivity index (χ2v) is 10.8. The highest BCUT2D eigenvalue weighted by Gasteiger charge is 2.38. The third kappa shape index (κ3) is 6.93. The molecule has 0 saturated heterocycles. The fourth-order valence-electron chi connectivity index (χ4n) is 4.91. The number of carbonyl (C=O) groups excluding carboxylic acids is 4. The number of primary amides is 1. The SMILES string of the molecule is Cc1cc2c(cc1C)C(=O)N(CC[C@@H](N[C@@H](CC(C)C)C(=O)N(C)[C@@H](Cc1ccccc1)C(N)=O)C(=O)O)C2=O. The second-order valence-electron chi connectivity index (χ2n) is 10.8. The van der Waals surface area contributed by atoms with Gasteiger partial charge in [-0.1, -0.05) is 44.2 Å². The Labute approximate surface area is 234 Å². The summed E-state index contributed by atoms with van der Waals surface area (Å²) in [4.78, 5) is 66.3. The van der Waals surface area contributed by atoms with E-state index in [4.69, 9.17) is 5.73 Å². The maximum absolute atomic E-state index is 13.6. The number of aryl methyl sites for hydroxylation is 2. The molecule has 2 aromatic rings. The minimum absolute atomic E-state index is 0.0214. The van der Waals surface area contributed by atoms with E-state index >= 15 is 0 Å². The Kier molecular flexibility index (Phi) is 9.81. The van der Waals surface area contributed by atoms with Gasteiger partial charge in [0.25, 0.3) is 11.8 Å². The van der Waals surface area contributed by atoms with Crippen molar-refractivity contribution in [3.8, 4) is 0 Å². The number of hydrogen-bond acceptors (Lipinski definition) is 6. The van der Waals surface area contributed by atoms with Crippen molar-refractivity contribution in [2.45, 2.75) is 65.1 Å². The van der Waals surface area contributed by atoms with Crippen molar-refractivity contribution < 1.29 is 29.1 Å². The number of likely N-dealkylation sites (N-methyl/N-ethyl adjacent to an activating group) is 1. The zero-order chi connectivity index (χ0) is 29.7. The Hall–Kier alpha value is -4.05. The number of fused-ring (bicyclic) bond motifs is 1. The number of nitrogens with one attached hydrogen (secondary N) is 1. The molecule has 2 aromatic carbocycles. The van der Waals surface area contributed by atoms with Crippen molar-refractivity contribution in [1.82, 2.24) is 15.1 Å². The number of nitrogens with zero attached hydrogens (tertiary/aromatic N) is 2. The van der Waals surface area contributed by atoms with Crippen molar-refractivity contribution >= 4 is 29.6 Å². The van der Waals surface area contributed by atoms with Gasteiger partial charge in [-0.2, -0.15) is 0 Å². The van der Waals surface area contributed by atoms with E-state index in [1.807, 2.05) is 58.0 Å². The Morgan fingerprint density at radius 3 is 2.00 bits per heavy atom. The highest BCUT2D eigenvalue weighted by molar-refractivity contribution is 6.21. The summed E-state index contributed by atoms with van der Waals surface area (Å²) in [6, 6.07) is 9.42. The molecular weight excluding hydrogens is 512 g/mol. The molecule has 10 nitrogen and oxygen atoms in total. The van der Waals surface area contributed by atoms with Crippen LogP contribution in [0.15, 0.2) is 42.5 Å². The number of nitrogens with two attached hydrogens (primary N) is 1. The van der Waals surface area contributed by atoms with Crippen molar-refractivity contribution in [2.24, 2.45) is 11.7 Å². The summed E-state index contributed by atoms with van der Waals surface area (Å²) in [7, 11) is 1.48. The van der Waals surface area contributed by atoms with Gasteiger partial charge in [0.1, 0.15) is 12.1 Å². The lowest BCUT2D eigenvalue weighted by Crippen LogP contribution is -2.56. The zero-order valence-electron chi connectivity index (χ0n) is 23.6. The number of rotatable bonds is 13. The van der Waals surface area contributed by atoms with Gasteiger partial charge in [0.2, 0.25) is 11.8 Å². The molecule has 4 N–H and O–H groups in total. The van der Waals surface area contributed by atoms with Crippen LogP contribution in [0, 0.1) is 19.8 Å². The molecule has 0 saturated carbocycles. The summed E-state index contributed by atoms with van der Waals surface area (Å²) >= 11 is 0. The van der Waals surface area contributed by atoms with Crippen LogP contribution in [0.1, 0.15) is 64.1 Å². The smallest absolute Gasteiger partial charge is 0.320 e. The van der Waals surface area contributed by atoms with E-state index in [2.05, 4.69) is 5.32 Å². The number of aliphatic carboxylic acids is 1. The summed E-state index contributed by atoms with van der Waals surface area (Å²) in [5.74, 6) is -3.27. The van der Waals surface area contributed by atoms with Crippen LogP contribution in [0.4, 0.5) is 0 Å². The van der Waals surface area contributed by atoms with E-state index in [-0.39, 0.29) is 25.3 Å². The Morgan fingerprint density at radius 2 is 1.52 bits per heavy atom. The standard InChI is InChI=1S/C30H38N4O6/c1-17(2)13-24(29(38)33(5)25(26(31)35)16-20-9-7-6-8-10-20)32-23(30(39)40)11-12-34-27(36)21-14-18(3)19(4)15-22(21)28(34)37/h6-10,14-15,17,23-25,32H,11-13,16H2,1-5H3,(H2,31,35)(H,39,40)/t23-,24+,25+/m1/s1. The van der Waals surface area contributed by atoms with E-state index in [0.717, 1.165) is 21.6 Å². The highest BCUT2D eigenvalue weighted by atomic mass is 16.4. The second kappa shape index (κ2) is 12.9. The average Bonchev–Trinajstić information content (AvgIpc) is 3.12. The predicted octanol–water partition coefficient (Wildman–Crippen LogP) is 2.30. The van der Waals surface area contributed by atoms with E-state index in [9.17, 15) is 29.1 Å². The molecule has 214 valence electrons. The molecule has 3 atom stereocenters. The highest BCUT2D eigenvalue weighted by Crippen LogP contribution is 2.26. The van der Waals surface area contributed by atoms with Gasteiger partial charge < -0.3 is 15.7 Å². The minimum atomic E-state index is -1.23. The average molecular weight is 551 g/mol. The summed E-state index contributed by atoms with van der Waals surface area (Å²) in [6.45, 7) is 7.37. The molecule has 1 heterocycles. The van der Waals surface area contributed by atoms with Crippen molar-refractivity contribution in [1.29, 1.82) is 0 Å². The molecule has 0 spiro atoms. The van der Waals surface area contributed by atoms with Crippen LogP contribution in [-0.2, 0) is 20.8 Å². The van der Waals surface area contributed by atoms with Gasteiger partial charge in [0.15, 0.2) is 0 Å². The largest absolute Gasteiger partial charge is 0.480 e. The quantitative estimate of drug-likeness (QED) is 0.324. The summed E-state index contributed by atoms with van der Waals surface area (Å²) < 4.78 is 0. The van der Waals surface area contributed by atoms with Gasteiger partial charge >= 0.3 is 5.97 Å². The van der Waals surface area contributed by atoms with Crippen LogP contribution in [0.3, 0.4) is 0 Å². The first-order valence-electron chi connectivity index (χ1n) is 13.4. The van der Waals surface area contributed by atoms with E-state index in [1.54, 1.807) is 12.1 Å². The Bertz CT molecular complexity index is 1250. The number of carboxylic acids is 1. The number of carbonyl (C=O) groups is 5. The summed E-state index contributed by atoms with van der Waals surface area (Å²) in [6.07, 6.45) is 0.414. The molecule has 0 aliphatic carbocycles. The van der Waals surface area contributed by atoms with Gasteiger partial charge in [0, 0.05) is 20.0 Å². The minimum Gasteiger partial charge on any atom is -0.480 e. The summed E-state index contributed by atoms with van der Waals surface area (Å²) in [5, 5.41) is 12.9. The van der Waals surface area contributed by atoms with Gasteiger partial charge in [-0.25, -0.2) is 0 Å². The molecular formula is C30H38N4O6. The van der Waals surface area contributed by atoms with Crippen molar-refractivity contribution in [3.63, 3.8) is 0 Å². The van der Waals surface area contributed by atoms with Crippen LogP contribution >= 0.6 is 0 Å². The van der Waals surface area contributed by atoms with Gasteiger partial charge in [0.05, 0.1) is 17.2 Å². The molecule has 0 aromatic heterocycles. The molecule has 0 unspecified atom stereocenters. The molecule has 0 bridgehead atoms. The number of amides is 4. The fourth-order valence-corrected chi connectivity index (χ4v) is 4.91. The number of benzene rings is 2.